The Kier molecular flexibility index (Phi) is 11.1. The molecule has 2 aliphatic heterocycles. The predicted molar refractivity (Wildman–Crippen MR) is 250 cm³/mol. The minimum absolute atomic E-state index is 0.158. The van der Waals surface area contributed by atoms with Gasteiger partial charge >= 0.3 is 0 Å². The van der Waals surface area contributed by atoms with Gasteiger partial charge in [0.25, 0.3) is 0 Å². The highest BCUT2D eigenvalue weighted by Gasteiger charge is 2.65. The van der Waals surface area contributed by atoms with Crippen molar-refractivity contribution < 1.29 is 28.8 Å². The Morgan fingerprint density at radius 3 is 1.66 bits per heavy atom. The van der Waals surface area contributed by atoms with Crippen molar-refractivity contribution in [2.24, 2.45) is 0 Å². The van der Waals surface area contributed by atoms with E-state index in [4.69, 9.17) is 33.8 Å². The molecule has 328 valence electrons. The van der Waals surface area contributed by atoms with E-state index in [-0.39, 0.29) is 13.2 Å². The first-order valence-corrected chi connectivity index (χ1v) is 22.0. The van der Waals surface area contributed by atoms with Crippen molar-refractivity contribution >= 4 is 11.3 Å². The maximum atomic E-state index is 11.2. The number of aliphatic hydroxyl groups excluding tert-OH is 1. The highest BCUT2D eigenvalue weighted by Crippen LogP contribution is 2.54. The maximum Gasteiger partial charge on any atom is 0.164 e. The molecular weight excluding hydrogens is 813 g/mol. The second-order valence-corrected chi connectivity index (χ2v) is 17.3. The van der Waals surface area contributed by atoms with Gasteiger partial charge in [-0.1, -0.05) is 164 Å². The fraction of sp³-hybridized carbons (Fsp3) is 0.236. The van der Waals surface area contributed by atoms with Gasteiger partial charge in [-0.2, -0.15) is 5.10 Å². The van der Waals surface area contributed by atoms with E-state index in [0.29, 0.717) is 22.6 Å². The lowest BCUT2D eigenvalue weighted by atomic mass is 9.77. The summed E-state index contributed by atoms with van der Waals surface area (Å²) in [7, 11) is 1.66. The molecular formula is C55H52N4O6. The quantitative estimate of drug-likeness (QED) is 0.103. The van der Waals surface area contributed by atoms with Crippen molar-refractivity contribution in [3.05, 3.63) is 233 Å². The van der Waals surface area contributed by atoms with E-state index in [1.807, 2.05) is 134 Å². The molecule has 0 radical (unpaired) electrons. The molecule has 65 heavy (non-hydrogen) atoms. The van der Waals surface area contributed by atoms with Gasteiger partial charge in [0.1, 0.15) is 52.6 Å². The van der Waals surface area contributed by atoms with Gasteiger partial charge in [-0.15, -0.1) is 0 Å². The number of benzene rings is 6. The topological polar surface area (TPSA) is 109 Å². The standard InChI is InChI=1S/C55H52N4O6/c1-52(2)64-50-47(36-62-55(42-24-14-7-15-25-42,43-26-16-8-17-27-43)44-28-18-9-19-29-44)63-49(53(50,3)65-52)46-34-38(35-60)48-51(56-37-57-59(46)48)58-54(39-20-10-5-11-21-39,40-22-12-6-13-23-40)41-30-32-45(61-4)33-31-41/h5-34,37,47,49-50,60H,35-36H2,1-4H3,(H,56,57,58)/t47-,49+,50-,53+/m1/s1. The maximum absolute atomic E-state index is 11.2. The first-order valence-electron chi connectivity index (χ1n) is 22.0. The van der Waals surface area contributed by atoms with Crippen molar-refractivity contribution in [3.63, 3.8) is 0 Å². The van der Waals surface area contributed by atoms with Gasteiger partial charge in [0.2, 0.25) is 0 Å². The molecule has 2 saturated heterocycles. The zero-order valence-electron chi connectivity index (χ0n) is 36.9. The molecule has 10 heteroatoms. The van der Waals surface area contributed by atoms with Crippen molar-refractivity contribution in [2.45, 2.75) is 68.2 Å². The highest BCUT2D eigenvalue weighted by atomic mass is 16.8. The SMILES string of the molecule is COc1ccc(C(Nc2ncnn3c([C@@H]4O[C@H](COC(c5ccccc5)(c5ccccc5)c5ccccc5)[C@H]5OC(C)(C)O[C@]54C)cc(CO)c23)(c2ccccc2)c2ccccc2)cc1. The van der Waals surface area contributed by atoms with Gasteiger partial charge in [0, 0.05) is 5.56 Å². The number of hydrogen-bond acceptors (Lipinski definition) is 9. The van der Waals surface area contributed by atoms with Crippen molar-refractivity contribution in [1.82, 2.24) is 14.6 Å². The number of nitrogens with zero attached hydrogens (tertiary/aromatic N) is 3. The van der Waals surface area contributed by atoms with E-state index in [0.717, 1.165) is 39.1 Å². The van der Waals surface area contributed by atoms with E-state index in [1.54, 1.807) is 7.11 Å². The fourth-order valence-electron chi connectivity index (χ4n) is 10.2. The molecule has 2 aromatic heterocycles. The normalized spacial score (nSPS) is 20.4. The third-order valence-corrected chi connectivity index (χ3v) is 13.0. The average molecular weight is 865 g/mol. The zero-order chi connectivity index (χ0) is 44.7. The summed E-state index contributed by atoms with van der Waals surface area (Å²) in [4.78, 5) is 4.92. The van der Waals surface area contributed by atoms with Crippen molar-refractivity contribution in [3.8, 4) is 5.75 Å². The molecule has 0 bridgehead atoms. The van der Waals surface area contributed by atoms with Crippen LogP contribution >= 0.6 is 0 Å². The summed E-state index contributed by atoms with van der Waals surface area (Å²) in [6.07, 6.45) is -0.283. The number of fused-ring (bicyclic) bond motifs is 2. The van der Waals surface area contributed by atoms with Gasteiger partial charge in [-0.05, 0) is 72.4 Å². The molecule has 4 atom stereocenters. The van der Waals surface area contributed by atoms with E-state index in [1.165, 1.54) is 6.33 Å². The Morgan fingerprint density at radius 1 is 0.677 bits per heavy atom. The lowest BCUT2D eigenvalue weighted by molar-refractivity contribution is -0.210. The summed E-state index contributed by atoms with van der Waals surface area (Å²) < 4.78 is 35.6. The lowest BCUT2D eigenvalue weighted by Gasteiger charge is -2.37. The predicted octanol–water partition coefficient (Wildman–Crippen LogP) is 9.99. The number of nitrogens with one attached hydrogen (secondary N) is 1. The molecule has 10 rings (SSSR count). The highest BCUT2D eigenvalue weighted by molar-refractivity contribution is 5.76. The van der Waals surface area contributed by atoms with Crippen LogP contribution in [-0.2, 0) is 36.7 Å². The Balaban J connectivity index is 1.08. The Labute approximate surface area is 379 Å². The van der Waals surface area contributed by atoms with Crippen LogP contribution in [0, 0.1) is 0 Å². The molecule has 2 N–H and O–H groups in total. The molecule has 0 unspecified atom stereocenters. The molecule has 2 fully saturated rings. The van der Waals surface area contributed by atoms with Crippen LogP contribution in [0.3, 0.4) is 0 Å². The van der Waals surface area contributed by atoms with E-state index in [9.17, 15) is 5.11 Å². The van der Waals surface area contributed by atoms with Crippen LogP contribution in [0.4, 0.5) is 5.82 Å². The first kappa shape index (κ1) is 42.3. The number of methoxy groups -OCH3 is 1. The van der Waals surface area contributed by atoms with Crippen molar-refractivity contribution in [2.75, 3.05) is 19.0 Å². The van der Waals surface area contributed by atoms with Gasteiger partial charge in [0.05, 0.1) is 26.0 Å². The Hall–Kier alpha value is -6.66. The summed E-state index contributed by atoms with van der Waals surface area (Å²) in [6, 6.07) is 61.5. The number of rotatable bonds is 14. The second-order valence-electron chi connectivity index (χ2n) is 17.3. The van der Waals surface area contributed by atoms with Crippen LogP contribution in [0.5, 0.6) is 5.75 Å². The number of aromatic nitrogens is 3. The molecule has 6 aromatic carbocycles. The minimum Gasteiger partial charge on any atom is -0.497 e. The van der Waals surface area contributed by atoms with Crippen LogP contribution < -0.4 is 10.1 Å². The number of aliphatic hydroxyl groups is 1. The molecule has 0 spiro atoms. The van der Waals surface area contributed by atoms with Gasteiger partial charge < -0.3 is 34.1 Å². The molecule has 8 aromatic rings. The van der Waals surface area contributed by atoms with Gasteiger partial charge in [-0.25, -0.2) is 9.50 Å². The Bertz CT molecular complexity index is 2730. The smallest absolute Gasteiger partial charge is 0.164 e. The third-order valence-electron chi connectivity index (χ3n) is 13.0. The van der Waals surface area contributed by atoms with Crippen LogP contribution in [0.15, 0.2) is 188 Å². The number of ether oxygens (including phenoxy) is 5. The molecule has 0 aliphatic carbocycles. The zero-order valence-corrected chi connectivity index (χ0v) is 36.9. The first-order chi connectivity index (χ1) is 31.7. The summed E-state index contributed by atoms with van der Waals surface area (Å²) >= 11 is 0. The lowest BCUT2D eigenvalue weighted by Crippen LogP contribution is -2.43. The monoisotopic (exact) mass is 864 g/mol. The third kappa shape index (κ3) is 7.28. The molecule has 0 amide bonds. The molecule has 4 heterocycles. The van der Waals surface area contributed by atoms with Crippen molar-refractivity contribution in [1.29, 1.82) is 0 Å². The van der Waals surface area contributed by atoms with Gasteiger partial charge in [0.15, 0.2) is 11.6 Å². The summed E-state index contributed by atoms with van der Waals surface area (Å²) in [5.74, 6) is 0.319. The van der Waals surface area contributed by atoms with Crippen LogP contribution in [0.25, 0.3) is 5.52 Å². The Morgan fingerprint density at radius 2 is 1.17 bits per heavy atom. The number of anilines is 1. The fourth-order valence-corrected chi connectivity index (χ4v) is 10.2. The van der Waals surface area contributed by atoms with E-state index < -0.39 is 40.8 Å². The van der Waals surface area contributed by atoms with Gasteiger partial charge in [-0.3, -0.25) is 0 Å². The second kappa shape index (κ2) is 17.0. The van der Waals surface area contributed by atoms with E-state index in [2.05, 4.69) is 78.1 Å². The number of hydrogen-bond donors (Lipinski definition) is 2. The summed E-state index contributed by atoms with van der Waals surface area (Å²) in [5, 5.41) is 20.0. The van der Waals surface area contributed by atoms with Crippen LogP contribution in [-0.4, -0.2) is 57.0 Å². The van der Waals surface area contributed by atoms with E-state index >= 15 is 0 Å². The molecule has 2 aliphatic rings. The van der Waals surface area contributed by atoms with Crippen LogP contribution in [0.2, 0.25) is 0 Å². The largest absolute Gasteiger partial charge is 0.497 e. The summed E-state index contributed by atoms with van der Waals surface area (Å²) in [5.41, 5.74) is 4.86. The molecule has 10 nitrogen and oxygen atoms in total. The summed E-state index contributed by atoms with van der Waals surface area (Å²) in [6.45, 7) is 5.77. The minimum atomic E-state index is -0.993. The molecule has 0 saturated carbocycles. The average Bonchev–Trinajstić information content (AvgIpc) is 3.95. The van der Waals surface area contributed by atoms with Crippen LogP contribution in [0.1, 0.15) is 71.5 Å².